The Morgan fingerprint density at radius 3 is 2.68 bits per heavy atom. The molecular formula is C19H15NO2. The maximum atomic E-state index is 12.8. The number of nitrogens with zero attached hydrogens (tertiary/aromatic N) is 1. The van der Waals surface area contributed by atoms with E-state index in [9.17, 15) is 4.79 Å². The van der Waals surface area contributed by atoms with Crippen molar-refractivity contribution in [2.75, 3.05) is 0 Å². The lowest BCUT2D eigenvalue weighted by Crippen LogP contribution is -2.04. The fraction of sp³-hybridized carbons (Fsp3) is 0.105. The topological polar surface area (TPSA) is 35.1 Å². The highest BCUT2D eigenvalue weighted by Crippen LogP contribution is 2.28. The van der Waals surface area contributed by atoms with Crippen molar-refractivity contribution in [1.82, 2.24) is 4.57 Å². The van der Waals surface area contributed by atoms with Crippen LogP contribution in [0.15, 0.2) is 70.2 Å². The summed E-state index contributed by atoms with van der Waals surface area (Å²) in [4.78, 5) is 12.8. The van der Waals surface area contributed by atoms with Gasteiger partial charge >= 0.3 is 0 Å². The first-order chi connectivity index (χ1) is 10.8. The molecule has 0 radical (unpaired) electrons. The Hall–Kier alpha value is -2.81. The highest BCUT2D eigenvalue weighted by molar-refractivity contribution is 5.96. The third-order valence-electron chi connectivity index (χ3n) is 4.12. The summed E-state index contributed by atoms with van der Waals surface area (Å²) in [5.41, 5.74) is 3.29. The number of aryl methyl sites for hydroxylation is 1. The van der Waals surface area contributed by atoms with Gasteiger partial charge in [0.2, 0.25) is 5.43 Å². The Labute approximate surface area is 127 Å². The Morgan fingerprint density at radius 1 is 0.955 bits per heavy atom. The van der Waals surface area contributed by atoms with Crippen molar-refractivity contribution in [3.63, 3.8) is 0 Å². The summed E-state index contributed by atoms with van der Waals surface area (Å²) < 4.78 is 7.82. The number of aromatic nitrogens is 1. The number of hydrogen-bond donors (Lipinski definition) is 0. The number of hydrogen-bond acceptors (Lipinski definition) is 2. The monoisotopic (exact) mass is 289 g/mol. The molecule has 0 aliphatic carbocycles. The van der Waals surface area contributed by atoms with E-state index in [4.69, 9.17) is 4.42 Å². The summed E-state index contributed by atoms with van der Waals surface area (Å²) >= 11 is 0. The minimum absolute atomic E-state index is 0.0126. The summed E-state index contributed by atoms with van der Waals surface area (Å²) in [6, 6.07) is 15.4. The first-order valence-electron chi connectivity index (χ1n) is 7.38. The summed E-state index contributed by atoms with van der Waals surface area (Å²) in [5, 5.41) is 1.69. The second-order valence-corrected chi connectivity index (χ2v) is 5.31. The van der Waals surface area contributed by atoms with E-state index in [1.165, 1.54) is 0 Å². The van der Waals surface area contributed by atoms with E-state index in [0.717, 1.165) is 23.0 Å². The SMILES string of the molecule is CCn1ccc2c(-c3coc4ccccc4c3=O)cccc21. The molecule has 0 aliphatic rings. The third-order valence-corrected chi connectivity index (χ3v) is 4.12. The van der Waals surface area contributed by atoms with E-state index in [2.05, 4.69) is 29.8 Å². The van der Waals surface area contributed by atoms with Gasteiger partial charge in [-0.1, -0.05) is 24.3 Å². The molecule has 0 N–H and O–H groups in total. The number of benzene rings is 2. The number of fused-ring (bicyclic) bond motifs is 2. The molecule has 0 atom stereocenters. The van der Waals surface area contributed by atoms with Gasteiger partial charge in [-0.2, -0.15) is 0 Å². The van der Waals surface area contributed by atoms with Gasteiger partial charge in [0.1, 0.15) is 11.8 Å². The summed E-state index contributed by atoms with van der Waals surface area (Å²) in [6.07, 6.45) is 3.62. The van der Waals surface area contributed by atoms with Crippen LogP contribution in [0.2, 0.25) is 0 Å². The van der Waals surface area contributed by atoms with Crippen LogP contribution in [0.5, 0.6) is 0 Å². The molecule has 0 aliphatic heterocycles. The van der Waals surface area contributed by atoms with Crippen LogP contribution in [0.1, 0.15) is 6.92 Å². The largest absolute Gasteiger partial charge is 0.463 e. The Bertz CT molecular complexity index is 1040. The highest BCUT2D eigenvalue weighted by Gasteiger charge is 2.12. The molecule has 4 rings (SSSR count). The van der Waals surface area contributed by atoms with Crippen LogP contribution >= 0.6 is 0 Å². The molecule has 0 bridgehead atoms. The number of para-hydroxylation sites is 1. The van der Waals surface area contributed by atoms with Crippen molar-refractivity contribution in [1.29, 1.82) is 0 Å². The van der Waals surface area contributed by atoms with Gasteiger partial charge in [-0.3, -0.25) is 4.79 Å². The maximum Gasteiger partial charge on any atom is 0.200 e. The molecule has 0 unspecified atom stereocenters. The zero-order valence-electron chi connectivity index (χ0n) is 12.2. The molecule has 0 saturated carbocycles. The average molecular weight is 289 g/mol. The molecule has 3 nitrogen and oxygen atoms in total. The third kappa shape index (κ3) is 1.79. The highest BCUT2D eigenvalue weighted by atomic mass is 16.3. The lowest BCUT2D eigenvalue weighted by Gasteiger charge is -2.06. The molecule has 4 aromatic rings. The normalized spacial score (nSPS) is 11.3. The van der Waals surface area contributed by atoms with E-state index < -0.39 is 0 Å². The van der Waals surface area contributed by atoms with E-state index in [1.807, 2.05) is 36.4 Å². The van der Waals surface area contributed by atoms with Crippen LogP contribution in [0.4, 0.5) is 0 Å². The van der Waals surface area contributed by atoms with Gasteiger partial charge in [0, 0.05) is 23.6 Å². The van der Waals surface area contributed by atoms with Crippen molar-refractivity contribution in [2.24, 2.45) is 0 Å². The van der Waals surface area contributed by atoms with E-state index >= 15 is 0 Å². The molecule has 0 saturated heterocycles. The first-order valence-corrected chi connectivity index (χ1v) is 7.38. The minimum Gasteiger partial charge on any atom is -0.463 e. The molecule has 2 heterocycles. The van der Waals surface area contributed by atoms with Gasteiger partial charge in [0.05, 0.1) is 10.9 Å². The van der Waals surface area contributed by atoms with Gasteiger partial charge in [0.25, 0.3) is 0 Å². The van der Waals surface area contributed by atoms with Gasteiger partial charge < -0.3 is 8.98 Å². The van der Waals surface area contributed by atoms with Crippen LogP contribution in [0, 0.1) is 0 Å². The minimum atomic E-state index is 0.0126. The first kappa shape index (κ1) is 12.9. The Kier molecular flexibility index (Phi) is 2.86. The smallest absolute Gasteiger partial charge is 0.200 e. The van der Waals surface area contributed by atoms with E-state index in [-0.39, 0.29) is 5.43 Å². The van der Waals surface area contributed by atoms with E-state index in [1.54, 1.807) is 6.26 Å². The lowest BCUT2D eigenvalue weighted by molar-refractivity contribution is 0.604. The second-order valence-electron chi connectivity index (χ2n) is 5.31. The van der Waals surface area contributed by atoms with Crippen LogP contribution in [-0.2, 0) is 6.54 Å². The van der Waals surface area contributed by atoms with Crippen molar-refractivity contribution >= 4 is 21.9 Å². The molecular weight excluding hydrogens is 274 g/mol. The predicted octanol–water partition coefficient (Wildman–Crippen LogP) is 4.43. The van der Waals surface area contributed by atoms with Crippen LogP contribution in [-0.4, -0.2) is 4.57 Å². The average Bonchev–Trinajstić information content (AvgIpc) is 2.99. The Morgan fingerprint density at radius 2 is 1.82 bits per heavy atom. The van der Waals surface area contributed by atoms with Gasteiger partial charge in [0.15, 0.2) is 0 Å². The Balaban J connectivity index is 2.06. The summed E-state index contributed by atoms with van der Waals surface area (Å²) in [5.74, 6) is 0. The molecule has 2 aromatic heterocycles. The summed E-state index contributed by atoms with van der Waals surface area (Å²) in [7, 11) is 0. The number of rotatable bonds is 2. The maximum absolute atomic E-state index is 12.8. The van der Waals surface area contributed by atoms with Gasteiger partial charge in [-0.25, -0.2) is 0 Å². The summed E-state index contributed by atoms with van der Waals surface area (Å²) in [6.45, 7) is 3.01. The molecule has 0 amide bonds. The molecule has 3 heteroatoms. The van der Waals surface area contributed by atoms with Gasteiger partial charge in [-0.05, 0) is 36.8 Å². The second kappa shape index (κ2) is 4.88. The fourth-order valence-electron chi connectivity index (χ4n) is 3.00. The molecule has 2 aromatic carbocycles. The standard InChI is InChI=1S/C19H15NO2/c1-2-20-11-10-14-13(7-5-8-17(14)20)16-12-22-18-9-4-3-6-15(18)19(16)21/h3-12H,2H2,1H3. The van der Waals surface area contributed by atoms with Gasteiger partial charge in [-0.15, -0.1) is 0 Å². The molecule has 0 spiro atoms. The van der Waals surface area contributed by atoms with Crippen molar-refractivity contribution < 1.29 is 4.42 Å². The molecule has 108 valence electrons. The van der Waals surface area contributed by atoms with Crippen LogP contribution < -0.4 is 5.43 Å². The molecule has 0 fully saturated rings. The van der Waals surface area contributed by atoms with Crippen molar-refractivity contribution in [3.05, 3.63) is 71.2 Å². The molecule has 22 heavy (non-hydrogen) atoms. The zero-order valence-corrected chi connectivity index (χ0v) is 12.2. The predicted molar refractivity (Wildman–Crippen MR) is 89.1 cm³/mol. The van der Waals surface area contributed by atoms with Crippen LogP contribution in [0.25, 0.3) is 33.0 Å². The van der Waals surface area contributed by atoms with Crippen molar-refractivity contribution in [3.8, 4) is 11.1 Å². The fourth-order valence-corrected chi connectivity index (χ4v) is 3.00. The van der Waals surface area contributed by atoms with Crippen LogP contribution in [0.3, 0.4) is 0 Å². The van der Waals surface area contributed by atoms with E-state index in [0.29, 0.717) is 16.5 Å². The van der Waals surface area contributed by atoms with Crippen molar-refractivity contribution in [2.45, 2.75) is 13.5 Å². The zero-order chi connectivity index (χ0) is 15.1. The lowest BCUT2D eigenvalue weighted by atomic mass is 10.0. The quantitative estimate of drug-likeness (QED) is 0.547.